The highest BCUT2D eigenvalue weighted by Crippen LogP contribution is 2.11. The average molecular weight is 293 g/mol. The average Bonchev–Trinajstić information content (AvgIpc) is 2.92. The molecule has 0 spiro atoms. The second kappa shape index (κ2) is 12.9. The summed E-state index contributed by atoms with van der Waals surface area (Å²) in [5, 5.41) is 0. The van der Waals surface area contributed by atoms with Crippen molar-refractivity contribution in [2.45, 2.75) is 71.1 Å². The van der Waals surface area contributed by atoms with Crippen LogP contribution in [-0.4, -0.2) is 36.9 Å². The molecule has 1 aliphatic rings. The molecule has 2 N–H and O–H groups in total. The smallest absolute Gasteiger partial charge is 0.123 e. The standard InChI is InChI=1S/C18H35N3/c1-2-3-4-5-6-7-8-9-10-11-12-13-18-20-15-17-21(18)16-14-19/h12-13H,2-11,14-17,19H2,1H3/b13-12+. The van der Waals surface area contributed by atoms with E-state index in [-0.39, 0.29) is 0 Å². The van der Waals surface area contributed by atoms with Gasteiger partial charge in [-0.2, -0.15) is 0 Å². The summed E-state index contributed by atoms with van der Waals surface area (Å²) >= 11 is 0. The molecule has 0 aliphatic carbocycles. The number of hydrogen-bond donors (Lipinski definition) is 1. The van der Waals surface area contributed by atoms with E-state index in [9.17, 15) is 0 Å². The van der Waals surface area contributed by atoms with E-state index in [1.807, 2.05) is 0 Å². The summed E-state index contributed by atoms with van der Waals surface area (Å²) in [6.07, 6.45) is 18.2. The van der Waals surface area contributed by atoms with Gasteiger partial charge in [0.2, 0.25) is 0 Å². The minimum absolute atomic E-state index is 0.713. The van der Waals surface area contributed by atoms with Crippen molar-refractivity contribution in [1.82, 2.24) is 4.90 Å². The van der Waals surface area contributed by atoms with Crippen molar-refractivity contribution >= 4 is 5.84 Å². The first kappa shape index (κ1) is 18.2. The first-order valence-corrected chi connectivity index (χ1v) is 9.04. The van der Waals surface area contributed by atoms with Gasteiger partial charge in [0.05, 0.1) is 6.54 Å². The third kappa shape index (κ3) is 8.92. The monoisotopic (exact) mass is 293 g/mol. The topological polar surface area (TPSA) is 41.6 Å². The van der Waals surface area contributed by atoms with Crippen LogP contribution in [0.4, 0.5) is 0 Å². The summed E-state index contributed by atoms with van der Waals surface area (Å²) in [5.74, 6) is 1.14. The number of hydrogen-bond acceptors (Lipinski definition) is 3. The predicted molar refractivity (Wildman–Crippen MR) is 93.9 cm³/mol. The quantitative estimate of drug-likeness (QED) is 0.519. The van der Waals surface area contributed by atoms with Gasteiger partial charge in [-0.25, -0.2) is 0 Å². The highest BCUT2D eigenvalue weighted by Gasteiger charge is 2.12. The minimum atomic E-state index is 0.713. The Labute approximate surface area is 131 Å². The number of allylic oxidation sites excluding steroid dienone is 1. The van der Waals surface area contributed by atoms with Crippen molar-refractivity contribution in [1.29, 1.82) is 0 Å². The van der Waals surface area contributed by atoms with Crippen molar-refractivity contribution in [3.05, 3.63) is 12.2 Å². The van der Waals surface area contributed by atoms with Crippen LogP contribution < -0.4 is 5.73 Å². The molecule has 1 rings (SSSR count). The molecule has 0 radical (unpaired) electrons. The SMILES string of the molecule is CCCCCCCCCCC/C=C/C1=NCCN1CCN. The second-order valence-electron chi connectivity index (χ2n) is 6.04. The van der Waals surface area contributed by atoms with Crippen LogP contribution in [0, 0.1) is 0 Å². The van der Waals surface area contributed by atoms with E-state index in [1.54, 1.807) is 0 Å². The number of aliphatic imine (C=N–C) groups is 1. The van der Waals surface area contributed by atoms with Crippen LogP contribution in [-0.2, 0) is 0 Å². The van der Waals surface area contributed by atoms with Crippen LogP contribution >= 0.6 is 0 Å². The van der Waals surface area contributed by atoms with Crippen LogP contribution in [0.2, 0.25) is 0 Å². The Morgan fingerprint density at radius 3 is 2.38 bits per heavy atom. The molecular formula is C18H35N3. The third-order valence-electron chi connectivity index (χ3n) is 4.11. The number of nitrogens with zero attached hydrogens (tertiary/aromatic N) is 2. The third-order valence-corrected chi connectivity index (χ3v) is 4.11. The molecule has 21 heavy (non-hydrogen) atoms. The van der Waals surface area contributed by atoms with Gasteiger partial charge in [-0.15, -0.1) is 0 Å². The molecule has 0 bridgehead atoms. The molecule has 0 aromatic carbocycles. The van der Waals surface area contributed by atoms with E-state index in [0.717, 1.165) is 25.5 Å². The fraction of sp³-hybridized carbons (Fsp3) is 0.833. The molecule has 0 saturated heterocycles. The van der Waals surface area contributed by atoms with Crippen molar-refractivity contribution in [3.8, 4) is 0 Å². The second-order valence-corrected chi connectivity index (χ2v) is 6.04. The Balaban J connectivity index is 1.93. The van der Waals surface area contributed by atoms with Crippen LogP contribution in [0.3, 0.4) is 0 Å². The van der Waals surface area contributed by atoms with Crippen molar-refractivity contribution in [3.63, 3.8) is 0 Å². The zero-order chi connectivity index (χ0) is 15.2. The number of unbranched alkanes of at least 4 members (excludes halogenated alkanes) is 9. The van der Waals surface area contributed by atoms with E-state index >= 15 is 0 Å². The molecule has 0 aromatic rings. The van der Waals surface area contributed by atoms with E-state index in [0.29, 0.717) is 6.54 Å². The van der Waals surface area contributed by atoms with Crippen LogP contribution in [0.15, 0.2) is 17.1 Å². The van der Waals surface area contributed by atoms with E-state index in [2.05, 4.69) is 29.0 Å². The summed E-state index contributed by atoms with van der Waals surface area (Å²) in [6, 6.07) is 0. The van der Waals surface area contributed by atoms with Gasteiger partial charge in [0, 0.05) is 19.6 Å². The predicted octanol–water partition coefficient (Wildman–Crippen LogP) is 4.14. The molecule has 3 nitrogen and oxygen atoms in total. The van der Waals surface area contributed by atoms with Crippen molar-refractivity contribution < 1.29 is 0 Å². The summed E-state index contributed by atoms with van der Waals surface area (Å²) in [5.41, 5.74) is 5.61. The lowest BCUT2D eigenvalue weighted by Gasteiger charge is -2.16. The van der Waals surface area contributed by atoms with E-state index in [1.165, 1.54) is 64.2 Å². The maximum atomic E-state index is 5.61. The van der Waals surface area contributed by atoms with E-state index < -0.39 is 0 Å². The highest BCUT2D eigenvalue weighted by molar-refractivity contribution is 5.94. The molecule has 3 heteroatoms. The number of amidine groups is 1. The molecule has 0 atom stereocenters. The van der Waals surface area contributed by atoms with Gasteiger partial charge in [0.25, 0.3) is 0 Å². The molecule has 0 fully saturated rings. The van der Waals surface area contributed by atoms with Gasteiger partial charge in [0.1, 0.15) is 5.84 Å². The maximum absolute atomic E-state index is 5.61. The zero-order valence-electron chi connectivity index (χ0n) is 14.0. The Kier molecular flexibility index (Phi) is 11.2. The molecule has 0 amide bonds. The van der Waals surface area contributed by atoms with Crippen LogP contribution in [0.1, 0.15) is 71.1 Å². The summed E-state index contributed by atoms with van der Waals surface area (Å²) in [4.78, 5) is 6.80. The summed E-state index contributed by atoms with van der Waals surface area (Å²) in [7, 11) is 0. The van der Waals surface area contributed by atoms with Gasteiger partial charge in [-0.1, -0.05) is 64.4 Å². The van der Waals surface area contributed by atoms with Crippen molar-refractivity contribution in [2.75, 3.05) is 26.2 Å². The van der Waals surface area contributed by atoms with Crippen molar-refractivity contribution in [2.24, 2.45) is 10.7 Å². The lowest BCUT2D eigenvalue weighted by Crippen LogP contribution is -2.31. The van der Waals surface area contributed by atoms with Gasteiger partial charge in [0.15, 0.2) is 0 Å². The van der Waals surface area contributed by atoms with Gasteiger partial charge >= 0.3 is 0 Å². The van der Waals surface area contributed by atoms with Gasteiger partial charge < -0.3 is 10.6 Å². The number of nitrogens with two attached hydrogens (primary N) is 1. The summed E-state index contributed by atoms with van der Waals surface area (Å²) in [6.45, 7) is 5.89. The van der Waals surface area contributed by atoms with Gasteiger partial charge in [-0.3, -0.25) is 4.99 Å². The van der Waals surface area contributed by atoms with Gasteiger partial charge in [-0.05, 0) is 18.9 Å². The highest BCUT2D eigenvalue weighted by atomic mass is 15.2. The lowest BCUT2D eigenvalue weighted by atomic mass is 10.1. The normalized spacial score (nSPS) is 15.1. The largest absolute Gasteiger partial charge is 0.354 e. The lowest BCUT2D eigenvalue weighted by molar-refractivity contribution is 0.469. The molecule has 1 heterocycles. The minimum Gasteiger partial charge on any atom is -0.354 e. The molecule has 1 aliphatic heterocycles. The molecule has 0 saturated carbocycles. The Morgan fingerprint density at radius 2 is 1.71 bits per heavy atom. The maximum Gasteiger partial charge on any atom is 0.123 e. The number of rotatable bonds is 13. The molecule has 0 unspecified atom stereocenters. The van der Waals surface area contributed by atoms with E-state index in [4.69, 9.17) is 5.73 Å². The fourth-order valence-corrected chi connectivity index (χ4v) is 2.80. The first-order valence-electron chi connectivity index (χ1n) is 9.04. The Bertz CT molecular complexity index is 297. The Hall–Kier alpha value is -0.830. The Morgan fingerprint density at radius 1 is 1.05 bits per heavy atom. The molecule has 122 valence electrons. The zero-order valence-corrected chi connectivity index (χ0v) is 14.0. The van der Waals surface area contributed by atoms with Crippen LogP contribution in [0.25, 0.3) is 0 Å². The van der Waals surface area contributed by atoms with Crippen LogP contribution in [0.5, 0.6) is 0 Å². The fourth-order valence-electron chi connectivity index (χ4n) is 2.80. The first-order chi connectivity index (χ1) is 10.4. The summed E-state index contributed by atoms with van der Waals surface area (Å²) < 4.78 is 0. The molecule has 0 aromatic heterocycles. The molecular weight excluding hydrogens is 258 g/mol.